The number of hydrogen-bond acceptors (Lipinski definition) is 7. The van der Waals surface area contributed by atoms with E-state index in [0.29, 0.717) is 44.9 Å². The number of nitrogens with one attached hydrogen (secondary N) is 2. The van der Waals surface area contributed by atoms with Crippen LogP contribution in [0.5, 0.6) is 0 Å². The first-order valence-electron chi connectivity index (χ1n) is 13.7. The van der Waals surface area contributed by atoms with Gasteiger partial charge in [0.05, 0.1) is 23.2 Å². The molecule has 0 aliphatic heterocycles. The van der Waals surface area contributed by atoms with Crippen molar-refractivity contribution in [3.63, 3.8) is 0 Å². The number of amides is 1. The van der Waals surface area contributed by atoms with Crippen LogP contribution in [0.3, 0.4) is 0 Å². The third-order valence-electron chi connectivity index (χ3n) is 6.86. The van der Waals surface area contributed by atoms with Gasteiger partial charge in [-0.05, 0) is 57.0 Å². The van der Waals surface area contributed by atoms with E-state index in [1.807, 2.05) is 37.3 Å². The van der Waals surface area contributed by atoms with Crippen molar-refractivity contribution >= 4 is 51.5 Å². The number of carbonyl (C=O) groups excluding carboxylic acids is 3. The lowest BCUT2D eigenvalue weighted by molar-refractivity contribution is -0.143. The Bertz CT molecular complexity index is 1740. The molecule has 1 unspecified atom stereocenters. The van der Waals surface area contributed by atoms with E-state index in [4.69, 9.17) is 16.3 Å². The number of aromatic nitrogens is 4. The number of halogens is 1. The first-order chi connectivity index (χ1) is 20.3. The molecule has 1 amide bonds. The Balaban J connectivity index is 1.56. The minimum atomic E-state index is -0.718. The number of aromatic amines is 1. The van der Waals surface area contributed by atoms with Crippen LogP contribution in [0.25, 0.3) is 15.9 Å². The predicted octanol–water partition coefficient (Wildman–Crippen LogP) is 6.38. The highest BCUT2D eigenvalue weighted by molar-refractivity contribution is 7.15. The Hall–Kier alpha value is -4.28. The zero-order chi connectivity index (χ0) is 29.8. The highest BCUT2D eigenvalue weighted by Crippen LogP contribution is 2.34. The maximum Gasteiger partial charge on any atom is 0.305 e. The molecule has 0 bridgehead atoms. The second kappa shape index (κ2) is 12.7. The minimum Gasteiger partial charge on any atom is -0.466 e. The van der Waals surface area contributed by atoms with E-state index in [1.54, 1.807) is 48.7 Å². The standard InChI is InChI=1S/C31H30ClN5O4S/c1-4-20-17-22(28(39)21-11-7-8-12-23(21)32)31(42-20)37-18(3)35-36-29(37)25(14-15-27(38)41-5-2)34-30(40)26-16-19-10-6-9-13-24(19)33-26/h6-13,16-17,25,33H,4-5,14-15H2,1-3H3,(H,34,40). The summed E-state index contributed by atoms with van der Waals surface area (Å²) in [5.74, 6) is -0.0392. The third-order valence-corrected chi connectivity index (χ3v) is 8.46. The van der Waals surface area contributed by atoms with Gasteiger partial charge in [0, 0.05) is 27.8 Å². The SMILES string of the molecule is CCOC(=O)CCC(NC(=O)c1cc2ccccc2[nH]1)c1nnc(C)n1-c1sc(CC)cc1C(=O)c1ccccc1Cl. The zero-order valence-electron chi connectivity index (χ0n) is 23.4. The van der Waals surface area contributed by atoms with E-state index in [9.17, 15) is 14.4 Å². The van der Waals surface area contributed by atoms with Crippen molar-refractivity contribution in [1.29, 1.82) is 0 Å². The molecule has 0 radical (unpaired) electrons. The van der Waals surface area contributed by atoms with E-state index >= 15 is 0 Å². The summed E-state index contributed by atoms with van der Waals surface area (Å²) in [5.41, 5.74) is 2.05. The summed E-state index contributed by atoms with van der Waals surface area (Å²) in [6.07, 6.45) is 0.976. The molecule has 1 atom stereocenters. The number of esters is 1. The average molecular weight is 604 g/mol. The van der Waals surface area contributed by atoms with Gasteiger partial charge in [-0.15, -0.1) is 21.5 Å². The lowest BCUT2D eigenvalue weighted by atomic mass is 10.0. The molecule has 9 nitrogen and oxygen atoms in total. The highest BCUT2D eigenvalue weighted by atomic mass is 35.5. The molecular formula is C31H30ClN5O4S. The van der Waals surface area contributed by atoms with Gasteiger partial charge in [-0.3, -0.25) is 19.0 Å². The molecule has 0 aliphatic carbocycles. The molecule has 0 aliphatic rings. The number of rotatable bonds is 11. The first kappa shape index (κ1) is 29.2. The molecule has 42 heavy (non-hydrogen) atoms. The number of ketones is 1. The van der Waals surface area contributed by atoms with E-state index in [-0.39, 0.29) is 37.1 Å². The van der Waals surface area contributed by atoms with Crippen LogP contribution < -0.4 is 5.32 Å². The Morgan fingerprint density at radius 1 is 1.05 bits per heavy atom. The monoisotopic (exact) mass is 603 g/mol. The fourth-order valence-corrected chi connectivity index (χ4v) is 6.14. The summed E-state index contributed by atoms with van der Waals surface area (Å²) < 4.78 is 6.94. The number of ether oxygens (including phenoxy) is 1. The summed E-state index contributed by atoms with van der Waals surface area (Å²) in [4.78, 5) is 43.7. The summed E-state index contributed by atoms with van der Waals surface area (Å²) >= 11 is 7.85. The molecule has 11 heteroatoms. The van der Waals surface area contributed by atoms with Crippen LogP contribution in [0.4, 0.5) is 0 Å². The Labute approximate surface area is 251 Å². The number of fused-ring (bicyclic) bond motifs is 1. The first-order valence-corrected chi connectivity index (χ1v) is 14.9. The number of hydrogen-bond donors (Lipinski definition) is 2. The fourth-order valence-electron chi connectivity index (χ4n) is 4.77. The summed E-state index contributed by atoms with van der Waals surface area (Å²) in [7, 11) is 0. The minimum absolute atomic E-state index is 0.0491. The van der Waals surface area contributed by atoms with Crippen LogP contribution in [-0.4, -0.2) is 44.0 Å². The second-order valence-corrected chi connectivity index (χ2v) is 11.2. The van der Waals surface area contributed by atoms with Gasteiger partial charge in [-0.2, -0.15) is 0 Å². The van der Waals surface area contributed by atoms with E-state index in [1.165, 1.54) is 11.3 Å². The molecule has 0 saturated heterocycles. The van der Waals surface area contributed by atoms with Crippen LogP contribution in [0, 0.1) is 6.92 Å². The lowest BCUT2D eigenvalue weighted by Gasteiger charge is -2.19. The molecule has 2 N–H and O–H groups in total. The van der Waals surface area contributed by atoms with Crippen molar-refractivity contribution in [3.05, 3.63) is 99.0 Å². The van der Waals surface area contributed by atoms with Crippen LogP contribution >= 0.6 is 22.9 Å². The Morgan fingerprint density at radius 2 is 1.81 bits per heavy atom. The van der Waals surface area contributed by atoms with E-state index < -0.39 is 6.04 Å². The van der Waals surface area contributed by atoms with Gasteiger partial charge in [0.25, 0.3) is 5.91 Å². The number of aryl methyl sites for hydroxylation is 2. The van der Waals surface area contributed by atoms with Crippen molar-refractivity contribution in [2.75, 3.05) is 6.61 Å². The van der Waals surface area contributed by atoms with Crippen LogP contribution in [-0.2, 0) is 16.0 Å². The Kier molecular flexibility index (Phi) is 8.84. The zero-order valence-corrected chi connectivity index (χ0v) is 25.0. The van der Waals surface area contributed by atoms with Crippen LogP contribution in [0.2, 0.25) is 5.02 Å². The van der Waals surface area contributed by atoms with Gasteiger partial charge in [0.2, 0.25) is 0 Å². The fraction of sp³-hybridized carbons (Fsp3) is 0.258. The van der Waals surface area contributed by atoms with Crippen molar-refractivity contribution in [2.24, 2.45) is 0 Å². The summed E-state index contributed by atoms with van der Waals surface area (Å²) in [6, 6.07) is 17.4. The quantitative estimate of drug-likeness (QED) is 0.134. The number of carbonyl (C=O) groups is 3. The molecule has 0 saturated carbocycles. The molecule has 5 rings (SSSR count). The van der Waals surface area contributed by atoms with E-state index in [2.05, 4.69) is 20.5 Å². The maximum atomic E-state index is 13.8. The number of nitrogens with zero attached hydrogens (tertiary/aromatic N) is 3. The number of H-pyrrole nitrogens is 1. The highest BCUT2D eigenvalue weighted by Gasteiger charge is 2.29. The number of thiophene rings is 1. The maximum absolute atomic E-state index is 13.8. The molecule has 0 spiro atoms. The van der Waals surface area contributed by atoms with Crippen molar-refractivity contribution in [3.8, 4) is 5.00 Å². The van der Waals surface area contributed by atoms with Gasteiger partial charge in [0.15, 0.2) is 11.6 Å². The van der Waals surface area contributed by atoms with Crippen LogP contribution in [0.15, 0.2) is 60.7 Å². The molecule has 216 valence electrons. The largest absolute Gasteiger partial charge is 0.466 e. The Morgan fingerprint density at radius 3 is 2.55 bits per heavy atom. The van der Waals surface area contributed by atoms with Crippen molar-refractivity contribution in [1.82, 2.24) is 25.1 Å². The average Bonchev–Trinajstić information content (AvgIpc) is 3.71. The number of benzene rings is 2. The van der Waals surface area contributed by atoms with Crippen LogP contribution in [0.1, 0.15) is 75.7 Å². The summed E-state index contributed by atoms with van der Waals surface area (Å²) in [5, 5.41) is 13.7. The summed E-state index contributed by atoms with van der Waals surface area (Å²) in [6.45, 7) is 5.80. The molecule has 3 aromatic heterocycles. The molecule has 0 fully saturated rings. The second-order valence-electron chi connectivity index (χ2n) is 9.67. The van der Waals surface area contributed by atoms with E-state index in [0.717, 1.165) is 15.8 Å². The van der Waals surface area contributed by atoms with Gasteiger partial charge in [0.1, 0.15) is 16.5 Å². The van der Waals surface area contributed by atoms with Gasteiger partial charge in [-0.25, -0.2) is 0 Å². The normalized spacial score (nSPS) is 11.9. The topological polar surface area (TPSA) is 119 Å². The van der Waals surface area contributed by atoms with Gasteiger partial charge >= 0.3 is 5.97 Å². The predicted molar refractivity (Wildman–Crippen MR) is 163 cm³/mol. The van der Waals surface area contributed by atoms with Gasteiger partial charge in [-0.1, -0.05) is 48.9 Å². The smallest absolute Gasteiger partial charge is 0.305 e. The van der Waals surface area contributed by atoms with Gasteiger partial charge < -0.3 is 15.0 Å². The molecule has 5 aromatic rings. The molecular weight excluding hydrogens is 574 g/mol. The number of para-hydroxylation sites is 1. The lowest BCUT2D eigenvalue weighted by Crippen LogP contribution is -2.31. The van der Waals surface area contributed by atoms with Crippen molar-refractivity contribution in [2.45, 2.75) is 46.1 Å². The third kappa shape index (κ3) is 6.00. The molecule has 2 aromatic carbocycles. The van der Waals surface area contributed by atoms with Crippen molar-refractivity contribution < 1.29 is 19.1 Å². The molecule has 3 heterocycles.